The molecule has 12 aromatic rings. The number of aliphatic hydroxyl groups is 4. The average Bonchev–Trinajstić information content (AvgIpc) is 1.64. The van der Waals surface area contributed by atoms with Crippen LogP contribution in [0.25, 0.3) is 89.2 Å². The molecule has 12 unspecified atom stereocenters. The molecule has 4 saturated carbocycles. The van der Waals surface area contributed by atoms with Crippen molar-refractivity contribution in [3.05, 3.63) is 120 Å². The van der Waals surface area contributed by atoms with E-state index in [-0.39, 0.29) is 84.3 Å². The Labute approximate surface area is 568 Å². The lowest BCUT2D eigenvalue weighted by Gasteiger charge is -2.25. The Balaban J connectivity index is 0.000000119. The molecule has 32 nitrogen and oxygen atoms in total. The van der Waals surface area contributed by atoms with E-state index < -0.39 is 30.1 Å². The summed E-state index contributed by atoms with van der Waals surface area (Å²) in [6.45, 7) is 0. The van der Waals surface area contributed by atoms with Crippen molar-refractivity contribution < 1.29 is 30.6 Å². The normalized spacial score (nSPS) is 21.4. The number of H-pyrrole nitrogens is 6. The summed E-state index contributed by atoms with van der Waals surface area (Å²) in [5, 5.41) is 116. The average molecular weight is 1350 g/mol. The first-order valence-corrected chi connectivity index (χ1v) is 33.3. The van der Waals surface area contributed by atoms with E-state index in [0.29, 0.717) is 68.1 Å². The molecular weight excluding hydrogens is 1280 g/mol. The van der Waals surface area contributed by atoms with E-state index in [1.807, 2.05) is 30.7 Å². The van der Waals surface area contributed by atoms with Crippen molar-refractivity contribution in [2.75, 3.05) is 0 Å². The van der Waals surface area contributed by atoms with Crippen molar-refractivity contribution in [1.29, 1.82) is 21.0 Å². The second-order valence-electron chi connectivity index (χ2n) is 25.8. The highest BCUT2D eigenvalue weighted by atomic mass is 16.3. The fraction of sp³-hybridized carbons (Fsp3) is 0.412. The van der Waals surface area contributed by atoms with Crippen molar-refractivity contribution in [1.82, 2.24) is 98.9 Å². The van der Waals surface area contributed by atoms with Crippen molar-refractivity contribution in [2.24, 2.45) is 23.7 Å². The van der Waals surface area contributed by atoms with Gasteiger partial charge in [0.1, 0.15) is 47.3 Å². The lowest BCUT2D eigenvalue weighted by Crippen LogP contribution is -2.26. The molecule has 4 aliphatic rings. The zero-order valence-corrected chi connectivity index (χ0v) is 54.0. The molecule has 0 bridgehead atoms. The van der Waals surface area contributed by atoms with Gasteiger partial charge < -0.3 is 55.6 Å². The van der Waals surface area contributed by atoms with Gasteiger partial charge in [-0.3, -0.25) is 28.6 Å². The molecule has 4 fully saturated rings. The standard InChI is InChI=1S/4C17H18N6O2/c18-6-4-13(11-2-1-3-14(11)24)23-9-10(8-20-23)15-12-5-7-19-16(12)22-17(25)21-15;18-6-4-13(10-2-1-3-14(10)24)23-8-12(17(25)22-23)15-11-5-7-19-16(11)21-9-20-15;18-5-4-13(11-2-1-3-14(11)24)23-8-10(7-21-23)16-12-6-15(25)22-17(12)20-9-19-16;18-5-4-12(11-2-1-3-13(11)24)23-8-10(6-22-23)16-15-14(25)7-19-17(15)21-9-20-16/h5,7-9,11,13-14,24H,1-4H2,(H2,19,21,22,25);5,7-10,13-14,24H,1-4H2,(H,22,25)(H,19,20,21);6-9,11,13-14,24-25H,1-4H2,(H,19,20,22);6-9,11-13,24-25H,1-4H2,(H,19,20,21). The minimum atomic E-state index is -0.442. The molecule has 32 heteroatoms. The molecular formula is C68H72N24O8. The van der Waals surface area contributed by atoms with Crippen LogP contribution in [-0.4, -0.2) is 154 Å². The number of aromatic amines is 6. The third-order valence-electron chi connectivity index (χ3n) is 20.0. The van der Waals surface area contributed by atoms with Crippen LogP contribution in [0.3, 0.4) is 0 Å². The highest BCUT2D eigenvalue weighted by molar-refractivity contribution is 5.95. The molecule has 0 radical (unpaired) electrons. The minimum Gasteiger partial charge on any atom is -0.506 e. The maximum absolute atomic E-state index is 12.5. The molecule has 0 aliphatic heterocycles. The van der Waals surface area contributed by atoms with Gasteiger partial charge in [0.15, 0.2) is 5.88 Å². The molecule has 12 aromatic heterocycles. The Hall–Kier alpha value is -11.7. The van der Waals surface area contributed by atoms with Gasteiger partial charge in [-0.1, -0.05) is 25.7 Å². The molecule has 4 aliphatic carbocycles. The molecule has 12 atom stereocenters. The van der Waals surface area contributed by atoms with Crippen LogP contribution in [0.4, 0.5) is 0 Å². The van der Waals surface area contributed by atoms with Gasteiger partial charge >= 0.3 is 5.69 Å². The Kier molecular flexibility index (Phi) is 19.8. The first-order valence-electron chi connectivity index (χ1n) is 33.3. The van der Waals surface area contributed by atoms with Crippen molar-refractivity contribution in [2.45, 2.75) is 151 Å². The van der Waals surface area contributed by atoms with Crippen LogP contribution in [0.15, 0.2) is 109 Å². The number of aliphatic hydroxyl groups excluding tert-OH is 4. The summed E-state index contributed by atoms with van der Waals surface area (Å²) in [5.41, 5.74) is 6.72. The number of aromatic hydroxyl groups is 2. The number of rotatable bonds is 16. The topological polar surface area (TPSA) is 494 Å². The Morgan fingerprint density at radius 2 is 0.970 bits per heavy atom. The van der Waals surface area contributed by atoms with E-state index in [2.05, 4.69) is 104 Å². The van der Waals surface area contributed by atoms with E-state index in [1.54, 1.807) is 62.0 Å². The molecule has 16 rings (SSSR count). The van der Waals surface area contributed by atoms with Crippen LogP contribution in [-0.2, 0) is 0 Å². The van der Waals surface area contributed by atoms with Gasteiger partial charge in [-0.25, -0.2) is 34.7 Å². The van der Waals surface area contributed by atoms with Gasteiger partial charge in [-0.05, 0) is 63.5 Å². The summed E-state index contributed by atoms with van der Waals surface area (Å²) in [6, 6.07) is 13.3. The Morgan fingerprint density at radius 1 is 0.500 bits per heavy atom. The van der Waals surface area contributed by atoms with Gasteiger partial charge in [0.2, 0.25) is 0 Å². The Morgan fingerprint density at radius 3 is 1.52 bits per heavy atom. The molecule has 0 spiro atoms. The summed E-state index contributed by atoms with van der Waals surface area (Å²) in [5.74, 6) is 0.163. The molecule has 512 valence electrons. The number of fused-ring (bicyclic) bond motifs is 4. The zero-order valence-electron chi connectivity index (χ0n) is 54.0. The fourth-order valence-electron chi connectivity index (χ4n) is 15.1. The van der Waals surface area contributed by atoms with Gasteiger partial charge in [0, 0.05) is 106 Å². The molecule has 0 amide bonds. The number of nitrogens with zero attached hydrogens (tertiary/aromatic N) is 18. The fourth-order valence-corrected chi connectivity index (χ4v) is 15.1. The van der Waals surface area contributed by atoms with Gasteiger partial charge in [0.25, 0.3) is 5.56 Å². The van der Waals surface area contributed by atoms with Crippen LogP contribution in [0.2, 0.25) is 0 Å². The lowest BCUT2D eigenvalue weighted by atomic mass is 9.94. The predicted molar refractivity (Wildman–Crippen MR) is 360 cm³/mol. The quantitative estimate of drug-likeness (QED) is 0.0440. The molecule has 0 saturated heterocycles. The SMILES string of the molecule is N#CCC(C1CCCC1O)n1cc(-c2[nH]c(=O)nc3[nH]ccc23)cn1.N#CCC(C1CCCC1O)n1cc(-c2ncnc3[nH]c(O)cc23)cn1.N#CCC(C1CCCC1O)n1cc(-c2ncnc3[nH]cc(O)c23)cn1.N#CCC(C1CCCC1O)n1cc(-c2ncnc3[nH]ccc23)c(=O)[nH]1. The van der Waals surface area contributed by atoms with Gasteiger partial charge in [-0.15, -0.1) is 0 Å². The summed E-state index contributed by atoms with van der Waals surface area (Å²) in [6.07, 6.45) is 31.3. The third kappa shape index (κ3) is 13.7. The zero-order chi connectivity index (χ0) is 69.6. The molecule has 0 aromatic carbocycles. The second-order valence-corrected chi connectivity index (χ2v) is 25.8. The van der Waals surface area contributed by atoms with E-state index in [0.717, 1.165) is 105 Å². The van der Waals surface area contributed by atoms with Crippen LogP contribution < -0.4 is 11.2 Å². The maximum atomic E-state index is 12.5. The summed E-state index contributed by atoms with van der Waals surface area (Å²) >= 11 is 0. The van der Waals surface area contributed by atoms with Crippen molar-refractivity contribution >= 4 is 44.1 Å². The summed E-state index contributed by atoms with van der Waals surface area (Å²) in [7, 11) is 0. The largest absolute Gasteiger partial charge is 0.506 e. The predicted octanol–water partition coefficient (Wildman–Crippen LogP) is 7.75. The van der Waals surface area contributed by atoms with E-state index in [4.69, 9.17) is 0 Å². The smallest absolute Gasteiger partial charge is 0.347 e. The van der Waals surface area contributed by atoms with E-state index in [9.17, 15) is 61.3 Å². The molecule has 12 N–H and O–H groups in total. The number of aromatic nitrogens is 20. The monoisotopic (exact) mass is 1350 g/mol. The second kappa shape index (κ2) is 29.6. The third-order valence-corrected chi connectivity index (χ3v) is 20.0. The molecule has 12 heterocycles. The maximum Gasteiger partial charge on any atom is 0.347 e. The van der Waals surface area contributed by atoms with E-state index in [1.165, 1.54) is 25.2 Å². The number of nitriles is 4. The number of hydrogen-bond acceptors (Lipinski definition) is 22. The summed E-state index contributed by atoms with van der Waals surface area (Å²) in [4.78, 5) is 67.8. The number of hydrogen-bond donors (Lipinski definition) is 12. The van der Waals surface area contributed by atoms with Crippen LogP contribution in [0.5, 0.6) is 11.6 Å². The number of nitrogens with one attached hydrogen (secondary N) is 6. The van der Waals surface area contributed by atoms with Gasteiger partial charge in [-0.2, -0.15) is 41.3 Å². The highest BCUT2D eigenvalue weighted by Gasteiger charge is 2.38. The lowest BCUT2D eigenvalue weighted by molar-refractivity contribution is 0.0973. The van der Waals surface area contributed by atoms with Crippen molar-refractivity contribution in [3.63, 3.8) is 0 Å². The van der Waals surface area contributed by atoms with Crippen LogP contribution in [0.1, 0.15) is 127 Å². The first-order chi connectivity index (χ1) is 48.7. The van der Waals surface area contributed by atoms with E-state index >= 15 is 0 Å². The van der Waals surface area contributed by atoms with Gasteiger partial charge in [0.05, 0.1) is 151 Å². The van der Waals surface area contributed by atoms with Crippen LogP contribution >= 0.6 is 0 Å². The first kappa shape index (κ1) is 66.9. The molecule has 100 heavy (non-hydrogen) atoms. The van der Waals surface area contributed by atoms with Crippen LogP contribution in [0, 0.1) is 69.0 Å². The Bertz CT molecular complexity index is 5130. The van der Waals surface area contributed by atoms with Crippen molar-refractivity contribution in [3.8, 4) is 80.9 Å². The summed E-state index contributed by atoms with van der Waals surface area (Å²) < 4.78 is 6.92. The highest BCUT2D eigenvalue weighted by Crippen LogP contribution is 2.42. The minimum absolute atomic E-state index is 0.0242.